The van der Waals surface area contributed by atoms with Gasteiger partial charge in [0, 0.05) is 36.2 Å². The molecule has 3 nitrogen and oxygen atoms in total. The third-order valence-electron chi connectivity index (χ3n) is 4.38. The summed E-state index contributed by atoms with van der Waals surface area (Å²) in [6.45, 7) is 3.03. The quantitative estimate of drug-likeness (QED) is 0.784. The lowest BCUT2D eigenvalue weighted by atomic mass is 9.87. The van der Waals surface area contributed by atoms with Crippen LogP contribution in [0.2, 0.25) is 0 Å². The van der Waals surface area contributed by atoms with Gasteiger partial charge in [0.2, 0.25) is 0 Å². The van der Waals surface area contributed by atoms with Crippen molar-refractivity contribution >= 4 is 23.2 Å². The number of halogens is 1. The number of hydrogen-bond acceptors (Lipinski definition) is 4. The first kappa shape index (κ1) is 14.7. The molecule has 21 heavy (non-hydrogen) atoms. The number of carbonyl (C=O) groups excluding carboxylic acids is 2. The van der Waals surface area contributed by atoms with Crippen molar-refractivity contribution in [3.63, 3.8) is 0 Å². The van der Waals surface area contributed by atoms with Crippen LogP contribution in [-0.4, -0.2) is 34.6 Å². The Hall–Kier alpha value is -1.20. The van der Waals surface area contributed by atoms with Crippen molar-refractivity contribution in [3.05, 3.63) is 35.6 Å². The van der Waals surface area contributed by atoms with Crippen molar-refractivity contribution in [3.8, 4) is 0 Å². The molecule has 5 heteroatoms. The maximum atomic E-state index is 14.2. The molecule has 1 aromatic rings. The van der Waals surface area contributed by atoms with E-state index in [0.717, 1.165) is 32.2 Å². The molecule has 0 aromatic heterocycles. The van der Waals surface area contributed by atoms with Gasteiger partial charge in [0.1, 0.15) is 12.1 Å². The van der Waals surface area contributed by atoms with Crippen LogP contribution >= 0.6 is 11.8 Å². The number of benzene rings is 1. The summed E-state index contributed by atoms with van der Waals surface area (Å²) in [6.07, 6.45) is 2.63. The molecular formula is C16H18FNO2S. The average molecular weight is 307 g/mol. The van der Waals surface area contributed by atoms with Crippen LogP contribution < -0.4 is 0 Å². The van der Waals surface area contributed by atoms with Crippen molar-refractivity contribution in [1.29, 1.82) is 0 Å². The zero-order valence-electron chi connectivity index (χ0n) is 11.9. The second-order valence-electron chi connectivity index (χ2n) is 5.96. The van der Waals surface area contributed by atoms with Gasteiger partial charge in [0.25, 0.3) is 0 Å². The van der Waals surface area contributed by atoms with Crippen LogP contribution in [0, 0.1) is 11.2 Å². The molecule has 112 valence electrons. The topological polar surface area (TPSA) is 37.4 Å². The fourth-order valence-corrected chi connectivity index (χ4v) is 4.16. The van der Waals surface area contributed by atoms with Crippen molar-refractivity contribution < 1.29 is 14.0 Å². The van der Waals surface area contributed by atoms with Gasteiger partial charge in [0.05, 0.1) is 6.04 Å². The summed E-state index contributed by atoms with van der Waals surface area (Å²) in [7, 11) is 0. The standard InChI is InChI=1S/C16H18FNO2S/c1-11(20)21-12-8-18(9-12)15(16(10-19)6-7-16)13-4-2-3-5-14(13)17/h2-5,10,12,15H,6-9H2,1H3. The van der Waals surface area contributed by atoms with E-state index in [1.165, 1.54) is 17.8 Å². The Morgan fingerprint density at radius 2 is 2.10 bits per heavy atom. The highest BCUT2D eigenvalue weighted by atomic mass is 32.2. The fourth-order valence-electron chi connectivity index (χ4n) is 3.16. The van der Waals surface area contributed by atoms with Gasteiger partial charge in [-0.3, -0.25) is 9.69 Å². The Balaban J connectivity index is 1.81. The maximum Gasteiger partial charge on any atom is 0.186 e. The second-order valence-corrected chi connectivity index (χ2v) is 7.44. The highest BCUT2D eigenvalue weighted by Gasteiger charge is 2.55. The smallest absolute Gasteiger partial charge is 0.186 e. The third-order valence-corrected chi connectivity index (χ3v) is 5.34. The zero-order chi connectivity index (χ0) is 15.0. The zero-order valence-corrected chi connectivity index (χ0v) is 12.7. The monoisotopic (exact) mass is 307 g/mol. The van der Waals surface area contributed by atoms with Gasteiger partial charge in [-0.05, 0) is 18.9 Å². The molecule has 2 aliphatic rings. The molecule has 1 aliphatic heterocycles. The molecule has 1 aliphatic carbocycles. The average Bonchev–Trinajstić information content (AvgIpc) is 3.19. The molecule has 1 unspecified atom stereocenters. The summed E-state index contributed by atoms with van der Waals surface area (Å²) in [6, 6.07) is 6.51. The molecule has 0 bridgehead atoms. The number of rotatable bonds is 5. The number of nitrogens with zero attached hydrogens (tertiary/aromatic N) is 1. The van der Waals surface area contributed by atoms with Gasteiger partial charge in [-0.25, -0.2) is 4.39 Å². The van der Waals surface area contributed by atoms with Crippen molar-refractivity contribution in [2.45, 2.75) is 31.1 Å². The molecule has 1 atom stereocenters. The van der Waals surface area contributed by atoms with Gasteiger partial charge >= 0.3 is 0 Å². The van der Waals surface area contributed by atoms with Crippen LogP contribution in [0.15, 0.2) is 24.3 Å². The SMILES string of the molecule is CC(=O)SC1CN(C(c2ccccc2F)C2(C=O)CC2)C1. The van der Waals surface area contributed by atoms with Crippen LogP contribution in [-0.2, 0) is 9.59 Å². The van der Waals surface area contributed by atoms with Crippen LogP contribution in [0.4, 0.5) is 4.39 Å². The third kappa shape index (κ3) is 2.77. The number of carbonyl (C=O) groups is 2. The Bertz CT molecular complexity index is 567. The first-order valence-corrected chi connectivity index (χ1v) is 8.06. The minimum Gasteiger partial charge on any atom is -0.303 e. The van der Waals surface area contributed by atoms with Crippen molar-refractivity contribution in [2.24, 2.45) is 5.41 Å². The van der Waals surface area contributed by atoms with Gasteiger partial charge in [-0.15, -0.1) is 0 Å². The predicted octanol–water partition coefficient (Wildman–Crippen LogP) is 2.81. The van der Waals surface area contributed by atoms with Gasteiger partial charge in [-0.1, -0.05) is 30.0 Å². The predicted molar refractivity (Wildman–Crippen MR) is 80.5 cm³/mol. The summed E-state index contributed by atoms with van der Waals surface area (Å²) >= 11 is 1.34. The minimum atomic E-state index is -0.436. The molecule has 3 rings (SSSR count). The summed E-state index contributed by atoms with van der Waals surface area (Å²) in [4.78, 5) is 24.8. The van der Waals surface area contributed by atoms with Crippen molar-refractivity contribution in [1.82, 2.24) is 4.90 Å². The summed E-state index contributed by atoms with van der Waals surface area (Å²) in [5.41, 5.74) is 0.169. The van der Waals surface area contributed by atoms with E-state index in [-0.39, 0.29) is 22.2 Å². The summed E-state index contributed by atoms with van der Waals surface area (Å²) in [5, 5.41) is 0.373. The molecule has 1 saturated heterocycles. The molecular weight excluding hydrogens is 289 g/mol. The lowest BCUT2D eigenvalue weighted by Gasteiger charge is -2.46. The number of likely N-dealkylation sites (tertiary alicyclic amines) is 1. The van der Waals surface area contributed by atoms with E-state index in [2.05, 4.69) is 4.90 Å². The van der Waals surface area contributed by atoms with E-state index in [4.69, 9.17) is 0 Å². The Morgan fingerprint density at radius 1 is 1.43 bits per heavy atom. The maximum absolute atomic E-state index is 14.2. The van der Waals surface area contributed by atoms with E-state index in [9.17, 15) is 14.0 Å². The molecule has 0 radical (unpaired) electrons. The minimum absolute atomic E-state index is 0.110. The lowest BCUT2D eigenvalue weighted by Crippen LogP contribution is -2.53. The Morgan fingerprint density at radius 3 is 2.62 bits per heavy atom. The number of hydrogen-bond donors (Lipinski definition) is 0. The fraction of sp³-hybridized carbons (Fsp3) is 0.500. The van der Waals surface area contributed by atoms with Gasteiger partial charge < -0.3 is 4.79 Å². The number of aldehydes is 1. The van der Waals surface area contributed by atoms with Gasteiger partial charge in [-0.2, -0.15) is 0 Å². The highest BCUT2D eigenvalue weighted by molar-refractivity contribution is 8.14. The van der Waals surface area contributed by atoms with Crippen LogP contribution in [0.5, 0.6) is 0 Å². The van der Waals surface area contributed by atoms with E-state index < -0.39 is 5.41 Å². The molecule has 0 N–H and O–H groups in total. The van der Waals surface area contributed by atoms with E-state index in [0.29, 0.717) is 5.56 Å². The van der Waals surface area contributed by atoms with Crippen LogP contribution in [0.3, 0.4) is 0 Å². The Labute approximate surface area is 127 Å². The molecule has 1 aromatic carbocycles. The molecule has 1 heterocycles. The van der Waals surface area contributed by atoms with Crippen molar-refractivity contribution in [2.75, 3.05) is 13.1 Å². The summed E-state index contributed by atoms with van der Waals surface area (Å²) in [5.74, 6) is -0.252. The molecule has 1 saturated carbocycles. The largest absolute Gasteiger partial charge is 0.303 e. The lowest BCUT2D eigenvalue weighted by molar-refractivity contribution is -0.115. The van der Waals surface area contributed by atoms with Crippen LogP contribution in [0.1, 0.15) is 31.4 Å². The van der Waals surface area contributed by atoms with E-state index in [1.807, 2.05) is 6.07 Å². The van der Waals surface area contributed by atoms with E-state index in [1.54, 1.807) is 19.1 Å². The second kappa shape index (κ2) is 5.54. The first-order valence-electron chi connectivity index (χ1n) is 7.18. The molecule has 0 spiro atoms. The number of thioether (sulfide) groups is 1. The highest BCUT2D eigenvalue weighted by Crippen LogP contribution is 2.57. The van der Waals surface area contributed by atoms with Crippen LogP contribution in [0.25, 0.3) is 0 Å². The molecule has 0 amide bonds. The Kier molecular flexibility index (Phi) is 3.88. The van der Waals surface area contributed by atoms with Gasteiger partial charge in [0.15, 0.2) is 5.12 Å². The molecule has 2 fully saturated rings. The first-order chi connectivity index (χ1) is 10.1. The summed E-state index contributed by atoms with van der Waals surface area (Å²) < 4.78 is 14.2. The van der Waals surface area contributed by atoms with E-state index >= 15 is 0 Å². The normalized spacial score (nSPS) is 22.4.